The lowest BCUT2D eigenvalue weighted by Gasteiger charge is -2.25. The van der Waals surface area contributed by atoms with E-state index < -0.39 is 11.2 Å². The average Bonchev–Trinajstić information content (AvgIpc) is 2.72. The van der Waals surface area contributed by atoms with Crippen molar-refractivity contribution in [3.63, 3.8) is 0 Å². The Bertz CT molecular complexity index is 1120. The predicted octanol–water partition coefficient (Wildman–Crippen LogP) is 2.93. The highest BCUT2D eigenvalue weighted by Crippen LogP contribution is 2.22. The third-order valence-corrected chi connectivity index (χ3v) is 5.17. The Morgan fingerprint density at radius 3 is 2.48 bits per heavy atom. The van der Waals surface area contributed by atoms with E-state index in [4.69, 9.17) is 11.6 Å². The quantitative estimate of drug-likeness (QED) is 0.626. The fourth-order valence-corrected chi connectivity index (χ4v) is 3.25. The number of carbonyl (C=O) groups is 1. The standard InChI is InChI=1S/C22H22ClN3O3/c1-16(18-9-6-10-19(23)13-18)24(2)21(28)15-26-20(27)11-12-25(22(26)29)14-17-7-4-3-5-8-17/h3-13,16H,14-15H2,1-2H3. The Hall–Kier alpha value is -3.12. The van der Waals surface area contributed by atoms with Gasteiger partial charge in [-0.1, -0.05) is 54.1 Å². The zero-order chi connectivity index (χ0) is 21.0. The van der Waals surface area contributed by atoms with Gasteiger partial charge in [0.15, 0.2) is 0 Å². The van der Waals surface area contributed by atoms with Crippen LogP contribution in [0.5, 0.6) is 0 Å². The molecule has 3 rings (SSSR count). The highest BCUT2D eigenvalue weighted by molar-refractivity contribution is 6.30. The maximum absolute atomic E-state index is 12.8. The Morgan fingerprint density at radius 1 is 1.07 bits per heavy atom. The van der Waals surface area contributed by atoms with Gasteiger partial charge < -0.3 is 4.90 Å². The summed E-state index contributed by atoms with van der Waals surface area (Å²) >= 11 is 6.04. The van der Waals surface area contributed by atoms with Crippen LogP contribution in [0.1, 0.15) is 24.1 Å². The Labute approximate surface area is 173 Å². The molecular weight excluding hydrogens is 390 g/mol. The lowest BCUT2D eigenvalue weighted by molar-refractivity contribution is -0.132. The molecule has 1 amide bonds. The first-order chi connectivity index (χ1) is 13.9. The number of hydrogen-bond donors (Lipinski definition) is 0. The van der Waals surface area contributed by atoms with Crippen LogP contribution in [0.25, 0.3) is 0 Å². The predicted molar refractivity (Wildman–Crippen MR) is 113 cm³/mol. The van der Waals surface area contributed by atoms with Gasteiger partial charge in [-0.25, -0.2) is 4.79 Å². The third kappa shape index (κ3) is 4.84. The fraction of sp³-hybridized carbons (Fsp3) is 0.227. The van der Waals surface area contributed by atoms with Crippen molar-refractivity contribution in [3.8, 4) is 0 Å². The van der Waals surface area contributed by atoms with E-state index in [0.29, 0.717) is 11.6 Å². The van der Waals surface area contributed by atoms with Gasteiger partial charge in [0.25, 0.3) is 5.56 Å². The molecule has 150 valence electrons. The maximum Gasteiger partial charge on any atom is 0.331 e. The highest BCUT2D eigenvalue weighted by atomic mass is 35.5. The lowest BCUT2D eigenvalue weighted by Crippen LogP contribution is -2.44. The molecule has 6 nitrogen and oxygen atoms in total. The van der Waals surface area contributed by atoms with Crippen molar-refractivity contribution in [3.05, 3.63) is 104 Å². The maximum atomic E-state index is 12.8. The van der Waals surface area contributed by atoms with Crippen molar-refractivity contribution in [2.24, 2.45) is 0 Å². The molecule has 0 spiro atoms. The molecule has 0 aliphatic heterocycles. The molecule has 2 aromatic carbocycles. The van der Waals surface area contributed by atoms with Crippen molar-refractivity contribution in [1.29, 1.82) is 0 Å². The van der Waals surface area contributed by atoms with Crippen LogP contribution in [0.15, 0.2) is 76.4 Å². The summed E-state index contributed by atoms with van der Waals surface area (Å²) in [5, 5.41) is 0.582. The van der Waals surface area contributed by atoms with E-state index in [0.717, 1.165) is 15.7 Å². The molecule has 1 heterocycles. The Kier molecular flexibility index (Phi) is 6.34. The number of likely N-dealkylation sites (N-methyl/N-ethyl adjacent to an activating group) is 1. The summed E-state index contributed by atoms with van der Waals surface area (Å²) in [4.78, 5) is 39.3. The molecule has 3 aromatic rings. The molecule has 7 heteroatoms. The average molecular weight is 412 g/mol. The smallest absolute Gasteiger partial charge is 0.331 e. The van der Waals surface area contributed by atoms with Crippen molar-refractivity contribution in [2.75, 3.05) is 7.05 Å². The van der Waals surface area contributed by atoms with Crippen molar-refractivity contribution >= 4 is 17.5 Å². The van der Waals surface area contributed by atoms with Crippen LogP contribution in [-0.2, 0) is 17.9 Å². The van der Waals surface area contributed by atoms with Gasteiger partial charge in [0.1, 0.15) is 6.54 Å². The van der Waals surface area contributed by atoms with Crippen LogP contribution < -0.4 is 11.2 Å². The molecule has 1 aromatic heterocycles. The Morgan fingerprint density at radius 2 is 1.79 bits per heavy atom. The molecule has 29 heavy (non-hydrogen) atoms. The normalized spacial score (nSPS) is 11.8. The summed E-state index contributed by atoms with van der Waals surface area (Å²) < 4.78 is 2.39. The number of benzene rings is 2. The van der Waals surface area contributed by atoms with Crippen molar-refractivity contribution in [2.45, 2.75) is 26.1 Å². The number of nitrogens with zero attached hydrogens (tertiary/aromatic N) is 3. The van der Waals surface area contributed by atoms with E-state index in [9.17, 15) is 14.4 Å². The molecule has 1 atom stereocenters. The van der Waals surface area contributed by atoms with Gasteiger partial charge in [-0.05, 0) is 30.2 Å². The van der Waals surface area contributed by atoms with Gasteiger partial charge in [0, 0.05) is 24.3 Å². The van der Waals surface area contributed by atoms with Crippen molar-refractivity contribution in [1.82, 2.24) is 14.0 Å². The minimum absolute atomic E-state index is 0.257. The van der Waals surface area contributed by atoms with Gasteiger partial charge in [-0.15, -0.1) is 0 Å². The summed E-state index contributed by atoms with van der Waals surface area (Å²) in [5.41, 5.74) is 0.781. The molecule has 0 fully saturated rings. The molecule has 0 aliphatic carbocycles. The SMILES string of the molecule is CC(c1cccc(Cl)c1)N(C)C(=O)Cn1c(=O)ccn(Cc2ccccc2)c1=O. The number of halogens is 1. The van der Waals surface area contributed by atoms with Crippen LogP contribution in [0.4, 0.5) is 0 Å². The van der Waals surface area contributed by atoms with E-state index in [2.05, 4.69) is 0 Å². The van der Waals surface area contributed by atoms with E-state index in [1.54, 1.807) is 19.2 Å². The number of aromatic nitrogens is 2. The second kappa shape index (κ2) is 8.92. The molecule has 0 saturated heterocycles. The zero-order valence-corrected chi connectivity index (χ0v) is 17.0. The van der Waals surface area contributed by atoms with Crippen LogP contribution in [-0.4, -0.2) is 27.0 Å². The Balaban J connectivity index is 1.81. The van der Waals surface area contributed by atoms with E-state index in [-0.39, 0.29) is 18.5 Å². The van der Waals surface area contributed by atoms with Crippen LogP contribution >= 0.6 is 11.6 Å². The fourth-order valence-electron chi connectivity index (χ4n) is 3.06. The molecular formula is C22H22ClN3O3. The van der Waals surface area contributed by atoms with Gasteiger partial charge >= 0.3 is 5.69 Å². The number of amides is 1. The molecule has 0 bridgehead atoms. The minimum Gasteiger partial charge on any atom is -0.337 e. The topological polar surface area (TPSA) is 64.3 Å². The summed E-state index contributed by atoms with van der Waals surface area (Å²) in [5.74, 6) is -0.339. The monoisotopic (exact) mass is 411 g/mol. The summed E-state index contributed by atoms with van der Waals surface area (Å²) in [6.07, 6.45) is 1.46. The van der Waals surface area contributed by atoms with E-state index >= 15 is 0 Å². The number of hydrogen-bond acceptors (Lipinski definition) is 3. The van der Waals surface area contributed by atoms with Crippen LogP contribution in [0.3, 0.4) is 0 Å². The van der Waals surface area contributed by atoms with Crippen LogP contribution in [0.2, 0.25) is 5.02 Å². The first kappa shape index (κ1) is 20.6. The first-order valence-electron chi connectivity index (χ1n) is 9.22. The number of rotatable bonds is 6. The van der Waals surface area contributed by atoms with Gasteiger partial charge in [-0.2, -0.15) is 0 Å². The highest BCUT2D eigenvalue weighted by Gasteiger charge is 2.19. The third-order valence-electron chi connectivity index (χ3n) is 4.93. The molecule has 0 radical (unpaired) electrons. The van der Waals surface area contributed by atoms with Gasteiger partial charge in [-0.3, -0.25) is 18.7 Å². The number of carbonyl (C=O) groups excluding carboxylic acids is 1. The molecule has 0 N–H and O–H groups in total. The summed E-state index contributed by atoms with van der Waals surface area (Å²) in [7, 11) is 1.64. The second-order valence-electron chi connectivity index (χ2n) is 6.87. The van der Waals surface area contributed by atoms with Gasteiger partial charge in [0.2, 0.25) is 5.91 Å². The zero-order valence-electron chi connectivity index (χ0n) is 16.3. The molecule has 1 unspecified atom stereocenters. The minimum atomic E-state index is -0.515. The first-order valence-corrected chi connectivity index (χ1v) is 9.60. The summed E-state index contributed by atoms with van der Waals surface area (Å²) in [6.45, 7) is 1.86. The van der Waals surface area contributed by atoms with Crippen LogP contribution in [0, 0.1) is 0 Å². The second-order valence-corrected chi connectivity index (χ2v) is 7.31. The van der Waals surface area contributed by atoms with Crippen molar-refractivity contribution < 1.29 is 4.79 Å². The largest absolute Gasteiger partial charge is 0.337 e. The van der Waals surface area contributed by atoms with Gasteiger partial charge in [0.05, 0.1) is 12.6 Å². The lowest BCUT2D eigenvalue weighted by atomic mass is 10.1. The summed E-state index contributed by atoms with van der Waals surface area (Å²) in [6, 6.07) is 17.7. The van der Waals surface area contributed by atoms with E-state index in [1.165, 1.54) is 21.7 Å². The molecule has 0 saturated carbocycles. The molecule has 0 aliphatic rings. The van der Waals surface area contributed by atoms with E-state index in [1.807, 2.05) is 49.4 Å².